The Bertz CT molecular complexity index is 1230. The summed E-state index contributed by atoms with van der Waals surface area (Å²) in [5.74, 6) is 0.860. The van der Waals surface area contributed by atoms with Gasteiger partial charge >= 0.3 is 0 Å². The number of thioether (sulfide) groups is 1. The lowest BCUT2D eigenvalue weighted by Gasteiger charge is -2.14. The summed E-state index contributed by atoms with van der Waals surface area (Å²) in [6.45, 7) is 0.588. The Morgan fingerprint density at radius 1 is 1.03 bits per heavy atom. The van der Waals surface area contributed by atoms with E-state index in [1.807, 2.05) is 42.5 Å². The van der Waals surface area contributed by atoms with Crippen molar-refractivity contribution in [3.05, 3.63) is 96.9 Å². The largest absolute Gasteiger partial charge is 0.493 e. The number of ether oxygens (including phenoxy) is 2. The van der Waals surface area contributed by atoms with Crippen LogP contribution in [-0.2, 0) is 17.9 Å². The van der Waals surface area contributed by atoms with Crippen LogP contribution in [0.4, 0.5) is 4.79 Å². The van der Waals surface area contributed by atoms with Crippen LogP contribution in [0.15, 0.2) is 71.6 Å². The lowest BCUT2D eigenvalue weighted by Crippen LogP contribution is -2.27. The smallest absolute Gasteiger partial charge is 0.293 e. The summed E-state index contributed by atoms with van der Waals surface area (Å²) >= 11 is 9.13. The molecule has 168 valence electrons. The number of benzene rings is 3. The first-order valence-electron chi connectivity index (χ1n) is 9.98. The molecule has 0 unspecified atom stereocenters. The molecule has 1 aliphatic heterocycles. The first-order valence-corrected chi connectivity index (χ1v) is 12.3. The monoisotopic (exact) mass is 591 g/mol. The third-order valence-electron chi connectivity index (χ3n) is 4.88. The quantitative estimate of drug-likeness (QED) is 0.224. The van der Waals surface area contributed by atoms with E-state index in [1.165, 1.54) is 4.90 Å². The molecule has 5 nitrogen and oxygen atoms in total. The van der Waals surface area contributed by atoms with E-state index in [-0.39, 0.29) is 17.7 Å². The van der Waals surface area contributed by atoms with E-state index >= 15 is 0 Å². The molecule has 0 atom stereocenters. The number of hydrogen-bond donors (Lipinski definition) is 0. The van der Waals surface area contributed by atoms with E-state index in [9.17, 15) is 9.59 Å². The maximum atomic E-state index is 12.9. The first-order chi connectivity index (χ1) is 15.9. The Kier molecular flexibility index (Phi) is 7.62. The van der Waals surface area contributed by atoms with Crippen molar-refractivity contribution in [2.75, 3.05) is 7.11 Å². The highest BCUT2D eigenvalue weighted by atomic mass is 127. The summed E-state index contributed by atoms with van der Waals surface area (Å²) in [5, 5.41) is 0.252. The van der Waals surface area contributed by atoms with Gasteiger partial charge in [-0.2, -0.15) is 0 Å². The van der Waals surface area contributed by atoms with Crippen LogP contribution < -0.4 is 9.47 Å². The fraction of sp³-hybridized carbons (Fsp3) is 0.120. The standard InChI is InChI=1S/C25H19ClINO4S/c1-31-21-12-18(11-20(27)23(21)32-15-16-6-3-2-4-7-16)13-22-24(29)28(25(30)33-22)14-17-8-5-9-19(26)10-17/h2-13H,14-15H2,1H3/b22-13-. The molecule has 0 saturated carbocycles. The van der Waals surface area contributed by atoms with Crippen LogP contribution in [0, 0.1) is 3.57 Å². The molecule has 0 radical (unpaired) electrons. The van der Waals surface area contributed by atoms with E-state index in [0.29, 0.717) is 28.0 Å². The normalized spacial score (nSPS) is 14.8. The third kappa shape index (κ3) is 5.72. The molecule has 0 aliphatic carbocycles. The third-order valence-corrected chi connectivity index (χ3v) is 6.82. The molecule has 1 fully saturated rings. The zero-order valence-corrected chi connectivity index (χ0v) is 21.3. The van der Waals surface area contributed by atoms with E-state index in [0.717, 1.165) is 32.0 Å². The molecule has 0 spiro atoms. The van der Waals surface area contributed by atoms with Crippen molar-refractivity contribution in [1.29, 1.82) is 0 Å². The first kappa shape index (κ1) is 23.7. The molecule has 0 bridgehead atoms. The molecular formula is C25H19ClINO4S. The Hall–Kier alpha value is -2.49. The number of carbonyl (C=O) groups excluding carboxylic acids is 2. The van der Waals surface area contributed by atoms with Crippen LogP contribution in [0.1, 0.15) is 16.7 Å². The Morgan fingerprint density at radius 3 is 2.52 bits per heavy atom. The SMILES string of the molecule is COc1cc(/C=C2\SC(=O)N(Cc3cccc(Cl)c3)C2=O)cc(I)c1OCc1ccccc1. The van der Waals surface area contributed by atoms with E-state index in [2.05, 4.69) is 22.6 Å². The summed E-state index contributed by atoms with van der Waals surface area (Å²) in [5.41, 5.74) is 2.59. The molecule has 1 saturated heterocycles. The van der Waals surface area contributed by atoms with Crippen LogP contribution in [0.5, 0.6) is 11.5 Å². The van der Waals surface area contributed by atoms with Crippen molar-refractivity contribution in [3.8, 4) is 11.5 Å². The second-order valence-corrected chi connectivity index (χ2v) is 9.80. The van der Waals surface area contributed by atoms with Crippen LogP contribution in [0.25, 0.3) is 6.08 Å². The zero-order valence-electron chi connectivity index (χ0n) is 17.6. The Balaban J connectivity index is 1.54. The molecule has 0 N–H and O–H groups in total. The highest BCUT2D eigenvalue weighted by Gasteiger charge is 2.35. The Labute approximate surface area is 214 Å². The van der Waals surface area contributed by atoms with Gasteiger partial charge in [-0.3, -0.25) is 14.5 Å². The Morgan fingerprint density at radius 2 is 1.79 bits per heavy atom. The second-order valence-electron chi connectivity index (χ2n) is 7.21. The van der Waals surface area contributed by atoms with Gasteiger partial charge in [-0.1, -0.05) is 54.1 Å². The van der Waals surface area contributed by atoms with Gasteiger partial charge in [0.15, 0.2) is 11.5 Å². The van der Waals surface area contributed by atoms with Crippen molar-refractivity contribution in [1.82, 2.24) is 4.90 Å². The van der Waals surface area contributed by atoms with Crippen molar-refractivity contribution < 1.29 is 19.1 Å². The number of nitrogens with zero attached hydrogens (tertiary/aromatic N) is 1. The summed E-state index contributed by atoms with van der Waals surface area (Å²) < 4.78 is 12.4. The van der Waals surface area contributed by atoms with Crippen LogP contribution in [0.2, 0.25) is 5.02 Å². The van der Waals surface area contributed by atoms with Crippen LogP contribution in [0.3, 0.4) is 0 Å². The molecule has 33 heavy (non-hydrogen) atoms. The minimum Gasteiger partial charge on any atom is -0.493 e. The van der Waals surface area contributed by atoms with Crippen molar-refractivity contribution in [2.45, 2.75) is 13.2 Å². The van der Waals surface area contributed by atoms with Gasteiger partial charge < -0.3 is 9.47 Å². The summed E-state index contributed by atoms with van der Waals surface area (Å²) in [6, 6.07) is 20.7. The van der Waals surface area contributed by atoms with Gasteiger partial charge in [-0.25, -0.2) is 0 Å². The number of halogens is 2. The minimum absolute atomic E-state index is 0.176. The fourth-order valence-electron chi connectivity index (χ4n) is 3.30. The van der Waals surface area contributed by atoms with E-state index in [1.54, 1.807) is 37.5 Å². The number of carbonyl (C=O) groups is 2. The van der Waals surface area contributed by atoms with Gasteiger partial charge in [0.1, 0.15) is 6.61 Å². The molecule has 3 aromatic carbocycles. The molecule has 3 aromatic rings. The van der Waals surface area contributed by atoms with Gasteiger partial charge in [0.25, 0.3) is 11.1 Å². The molecule has 8 heteroatoms. The predicted molar refractivity (Wildman–Crippen MR) is 139 cm³/mol. The summed E-state index contributed by atoms with van der Waals surface area (Å²) in [6.07, 6.45) is 1.70. The van der Waals surface area contributed by atoms with Gasteiger partial charge in [0.2, 0.25) is 0 Å². The number of imide groups is 1. The molecule has 1 aliphatic rings. The number of methoxy groups -OCH3 is 1. The van der Waals surface area contributed by atoms with Crippen molar-refractivity contribution in [2.24, 2.45) is 0 Å². The number of amides is 2. The van der Waals surface area contributed by atoms with Gasteiger partial charge in [0.05, 0.1) is 22.1 Å². The fourth-order valence-corrected chi connectivity index (χ4v) is 5.13. The summed E-state index contributed by atoms with van der Waals surface area (Å²) in [7, 11) is 1.57. The topological polar surface area (TPSA) is 55.8 Å². The van der Waals surface area contributed by atoms with E-state index < -0.39 is 0 Å². The number of hydrogen-bond acceptors (Lipinski definition) is 5. The van der Waals surface area contributed by atoms with Crippen molar-refractivity contribution >= 4 is 63.2 Å². The zero-order chi connectivity index (χ0) is 23.4. The molecular weight excluding hydrogens is 573 g/mol. The highest BCUT2D eigenvalue weighted by molar-refractivity contribution is 14.1. The number of rotatable bonds is 7. The average Bonchev–Trinajstić information content (AvgIpc) is 3.06. The molecule has 1 heterocycles. The lowest BCUT2D eigenvalue weighted by atomic mass is 10.1. The van der Waals surface area contributed by atoms with E-state index in [4.69, 9.17) is 21.1 Å². The minimum atomic E-state index is -0.330. The van der Waals surface area contributed by atoms with Crippen LogP contribution >= 0.6 is 46.0 Å². The second kappa shape index (κ2) is 10.6. The van der Waals surface area contributed by atoms with Gasteiger partial charge in [-0.15, -0.1) is 0 Å². The molecule has 4 rings (SSSR count). The lowest BCUT2D eigenvalue weighted by molar-refractivity contribution is -0.123. The summed E-state index contributed by atoms with van der Waals surface area (Å²) in [4.78, 5) is 27.0. The molecule has 2 amide bonds. The maximum Gasteiger partial charge on any atom is 0.293 e. The molecule has 0 aromatic heterocycles. The maximum absolute atomic E-state index is 12.9. The average molecular weight is 592 g/mol. The highest BCUT2D eigenvalue weighted by Crippen LogP contribution is 2.38. The van der Waals surface area contributed by atoms with Gasteiger partial charge in [0, 0.05) is 5.02 Å². The van der Waals surface area contributed by atoms with Gasteiger partial charge in [-0.05, 0) is 81.4 Å². The van der Waals surface area contributed by atoms with Crippen molar-refractivity contribution in [3.63, 3.8) is 0 Å². The predicted octanol–water partition coefficient (Wildman–Crippen LogP) is 6.77. The van der Waals surface area contributed by atoms with Crippen LogP contribution in [-0.4, -0.2) is 23.2 Å².